The highest BCUT2D eigenvalue weighted by atomic mass is 32.2. The lowest BCUT2D eigenvalue weighted by Gasteiger charge is -2.18. The zero-order valence-electron chi connectivity index (χ0n) is 10.1. The van der Waals surface area contributed by atoms with Crippen LogP contribution in [0.2, 0.25) is 0 Å². The lowest BCUT2D eigenvalue weighted by Crippen LogP contribution is -2.33. The highest BCUT2D eigenvalue weighted by molar-refractivity contribution is 7.89. The van der Waals surface area contributed by atoms with Gasteiger partial charge in [0.1, 0.15) is 0 Å². The molecule has 0 fully saturated rings. The standard InChI is InChI=1S/C10H23NO3S/c1-9(12)6-5-7-11-15(13,14)8-10(2,3)4/h9,11-12H,5-8H2,1-4H3. The van der Waals surface area contributed by atoms with Gasteiger partial charge in [-0.2, -0.15) is 0 Å². The lowest BCUT2D eigenvalue weighted by atomic mass is 10.0. The SMILES string of the molecule is CC(O)CCCNS(=O)(=O)CC(C)(C)C. The number of sulfonamides is 1. The van der Waals surface area contributed by atoms with E-state index >= 15 is 0 Å². The molecule has 0 aromatic rings. The van der Waals surface area contributed by atoms with E-state index in [9.17, 15) is 8.42 Å². The Morgan fingerprint density at radius 3 is 2.27 bits per heavy atom. The van der Waals surface area contributed by atoms with Gasteiger partial charge in [-0.25, -0.2) is 13.1 Å². The monoisotopic (exact) mass is 237 g/mol. The second kappa shape index (κ2) is 5.82. The van der Waals surface area contributed by atoms with Crippen molar-refractivity contribution in [3.8, 4) is 0 Å². The van der Waals surface area contributed by atoms with E-state index in [2.05, 4.69) is 4.72 Å². The second-order valence-electron chi connectivity index (χ2n) is 5.21. The van der Waals surface area contributed by atoms with Gasteiger partial charge >= 0.3 is 0 Å². The van der Waals surface area contributed by atoms with Crippen LogP contribution >= 0.6 is 0 Å². The zero-order chi connectivity index (χ0) is 12.1. The molecule has 0 rings (SSSR count). The van der Waals surface area contributed by atoms with Crippen LogP contribution in [0.5, 0.6) is 0 Å². The predicted octanol–water partition coefficient (Wildman–Crippen LogP) is 1.11. The van der Waals surface area contributed by atoms with E-state index < -0.39 is 10.0 Å². The largest absolute Gasteiger partial charge is 0.393 e. The molecule has 0 saturated heterocycles. The van der Waals surface area contributed by atoms with Crippen molar-refractivity contribution in [2.24, 2.45) is 5.41 Å². The zero-order valence-corrected chi connectivity index (χ0v) is 10.9. The lowest BCUT2D eigenvalue weighted by molar-refractivity contribution is 0.182. The Morgan fingerprint density at radius 1 is 1.33 bits per heavy atom. The maximum atomic E-state index is 11.5. The van der Waals surface area contributed by atoms with Crippen LogP contribution in [-0.4, -0.2) is 31.9 Å². The van der Waals surface area contributed by atoms with E-state index in [0.717, 1.165) is 0 Å². The predicted molar refractivity (Wildman–Crippen MR) is 62.2 cm³/mol. The second-order valence-corrected chi connectivity index (χ2v) is 7.01. The Balaban J connectivity index is 3.86. The molecule has 92 valence electrons. The summed E-state index contributed by atoms with van der Waals surface area (Å²) in [6.07, 6.45) is 0.927. The summed E-state index contributed by atoms with van der Waals surface area (Å²) >= 11 is 0. The summed E-state index contributed by atoms with van der Waals surface area (Å²) in [4.78, 5) is 0. The molecule has 0 heterocycles. The van der Waals surface area contributed by atoms with Gasteiger partial charge < -0.3 is 5.11 Å². The van der Waals surface area contributed by atoms with Crippen molar-refractivity contribution in [3.05, 3.63) is 0 Å². The van der Waals surface area contributed by atoms with E-state index in [1.807, 2.05) is 20.8 Å². The number of hydrogen-bond acceptors (Lipinski definition) is 3. The third kappa shape index (κ3) is 10.2. The van der Waals surface area contributed by atoms with Gasteiger partial charge in [0.15, 0.2) is 0 Å². The summed E-state index contributed by atoms with van der Waals surface area (Å²) < 4.78 is 25.6. The van der Waals surface area contributed by atoms with Crippen LogP contribution in [0.1, 0.15) is 40.5 Å². The molecule has 1 atom stereocenters. The summed E-state index contributed by atoms with van der Waals surface area (Å²) in [6.45, 7) is 7.78. The van der Waals surface area contributed by atoms with Crippen LogP contribution in [0.3, 0.4) is 0 Å². The molecule has 0 radical (unpaired) electrons. The van der Waals surface area contributed by atoms with Crippen LogP contribution in [0.15, 0.2) is 0 Å². The molecule has 0 spiro atoms. The average molecular weight is 237 g/mol. The minimum Gasteiger partial charge on any atom is -0.393 e. The number of nitrogens with one attached hydrogen (secondary N) is 1. The number of aliphatic hydroxyl groups excluding tert-OH is 1. The highest BCUT2D eigenvalue weighted by Gasteiger charge is 2.20. The summed E-state index contributed by atoms with van der Waals surface area (Å²) in [5.74, 6) is 0.134. The average Bonchev–Trinajstić information content (AvgIpc) is 1.93. The van der Waals surface area contributed by atoms with Gasteiger partial charge in [0, 0.05) is 6.54 Å². The third-order valence-corrected chi connectivity index (χ3v) is 3.63. The van der Waals surface area contributed by atoms with E-state index in [0.29, 0.717) is 19.4 Å². The highest BCUT2D eigenvalue weighted by Crippen LogP contribution is 2.15. The van der Waals surface area contributed by atoms with Crippen LogP contribution < -0.4 is 4.72 Å². The van der Waals surface area contributed by atoms with Crippen LogP contribution in [0.25, 0.3) is 0 Å². The van der Waals surface area contributed by atoms with Gasteiger partial charge in [-0.05, 0) is 25.2 Å². The van der Waals surface area contributed by atoms with E-state index in [1.54, 1.807) is 6.92 Å². The van der Waals surface area contributed by atoms with Crippen LogP contribution in [0, 0.1) is 5.41 Å². The van der Waals surface area contributed by atoms with Crippen molar-refractivity contribution >= 4 is 10.0 Å². The topological polar surface area (TPSA) is 66.4 Å². The number of aliphatic hydroxyl groups is 1. The van der Waals surface area contributed by atoms with Gasteiger partial charge in [-0.15, -0.1) is 0 Å². The molecule has 1 unspecified atom stereocenters. The Labute approximate surface area is 93.1 Å². The molecule has 0 amide bonds. The normalized spacial score (nSPS) is 15.3. The maximum absolute atomic E-state index is 11.5. The van der Waals surface area contributed by atoms with Gasteiger partial charge in [0.05, 0.1) is 11.9 Å². The first-order valence-electron chi connectivity index (χ1n) is 5.28. The van der Waals surface area contributed by atoms with E-state index in [4.69, 9.17) is 5.11 Å². The summed E-state index contributed by atoms with van der Waals surface area (Å²) in [5, 5.41) is 8.99. The summed E-state index contributed by atoms with van der Waals surface area (Å²) in [5.41, 5.74) is -0.226. The molecule has 0 aliphatic carbocycles. The third-order valence-electron chi connectivity index (χ3n) is 1.74. The van der Waals surface area contributed by atoms with Crippen molar-refractivity contribution in [1.82, 2.24) is 4.72 Å². The fourth-order valence-electron chi connectivity index (χ4n) is 1.25. The van der Waals surface area contributed by atoms with Crippen LogP contribution in [0.4, 0.5) is 0 Å². The first-order valence-corrected chi connectivity index (χ1v) is 6.93. The minimum atomic E-state index is -3.17. The molecule has 2 N–H and O–H groups in total. The molecule has 5 heteroatoms. The van der Waals surface area contributed by atoms with Crippen molar-refractivity contribution in [2.75, 3.05) is 12.3 Å². The van der Waals surface area contributed by atoms with Crippen LogP contribution in [-0.2, 0) is 10.0 Å². The first kappa shape index (κ1) is 14.9. The fourth-order valence-corrected chi connectivity index (χ4v) is 2.94. The first-order chi connectivity index (χ1) is 6.62. The number of hydrogen-bond donors (Lipinski definition) is 2. The van der Waals surface area contributed by atoms with E-state index in [1.165, 1.54) is 0 Å². The molecular formula is C10H23NO3S. The van der Waals surface area contributed by atoms with Gasteiger partial charge in [-0.3, -0.25) is 0 Å². The molecular weight excluding hydrogens is 214 g/mol. The van der Waals surface area contributed by atoms with Crippen molar-refractivity contribution in [2.45, 2.75) is 46.6 Å². The van der Waals surface area contributed by atoms with Gasteiger partial charge in [0.25, 0.3) is 0 Å². The van der Waals surface area contributed by atoms with Gasteiger partial charge in [0.2, 0.25) is 10.0 Å². The Bertz CT molecular complexity index is 265. The smallest absolute Gasteiger partial charge is 0.212 e. The van der Waals surface area contributed by atoms with Crippen molar-refractivity contribution in [3.63, 3.8) is 0 Å². The number of rotatable bonds is 6. The molecule has 0 aliphatic rings. The molecule has 0 saturated carbocycles. The van der Waals surface area contributed by atoms with E-state index in [-0.39, 0.29) is 17.3 Å². The molecule has 15 heavy (non-hydrogen) atoms. The molecule has 0 aromatic heterocycles. The summed E-state index contributed by atoms with van der Waals surface area (Å²) in [6, 6.07) is 0. The quantitative estimate of drug-likeness (QED) is 0.680. The minimum absolute atomic E-state index is 0.134. The molecule has 0 aliphatic heterocycles. The Hall–Kier alpha value is -0.130. The van der Waals surface area contributed by atoms with Crippen molar-refractivity contribution in [1.29, 1.82) is 0 Å². The Morgan fingerprint density at radius 2 is 1.87 bits per heavy atom. The fraction of sp³-hybridized carbons (Fsp3) is 1.00. The molecule has 0 bridgehead atoms. The van der Waals surface area contributed by atoms with Gasteiger partial charge in [-0.1, -0.05) is 20.8 Å². The molecule has 4 nitrogen and oxygen atoms in total. The molecule has 0 aromatic carbocycles. The summed E-state index contributed by atoms with van der Waals surface area (Å²) in [7, 11) is -3.17. The Kier molecular flexibility index (Phi) is 5.77. The van der Waals surface area contributed by atoms with Crippen molar-refractivity contribution < 1.29 is 13.5 Å². The maximum Gasteiger partial charge on any atom is 0.212 e.